The van der Waals surface area contributed by atoms with E-state index in [4.69, 9.17) is 11.6 Å². The number of hydrogen-bond donors (Lipinski definition) is 2. The van der Waals surface area contributed by atoms with Crippen molar-refractivity contribution in [2.75, 3.05) is 43.4 Å². The Labute approximate surface area is 194 Å². The molecular weight excluding hydrogens is 461 g/mol. The molecule has 1 saturated heterocycles. The van der Waals surface area contributed by atoms with Crippen LogP contribution < -0.4 is 15.4 Å². The average molecular weight is 485 g/mol. The van der Waals surface area contributed by atoms with Crippen LogP contribution in [0.5, 0.6) is 5.75 Å². The second kappa shape index (κ2) is 10.9. The van der Waals surface area contributed by atoms with Gasteiger partial charge in [-0.25, -0.2) is 0 Å². The van der Waals surface area contributed by atoms with Gasteiger partial charge in [0.05, 0.1) is 12.6 Å². The molecule has 1 atom stereocenters. The van der Waals surface area contributed by atoms with E-state index in [1.54, 1.807) is 24.3 Å². The van der Waals surface area contributed by atoms with Gasteiger partial charge in [0.2, 0.25) is 11.8 Å². The van der Waals surface area contributed by atoms with Crippen molar-refractivity contribution >= 4 is 34.8 Å². The standard InChI is InChI=1S/C22H24ClF3N4O3/c1-15(21(32)28-18-4-2-16(23)3-5-18)30-12-10-29(11-13-30)14-20(31)27-17-6-8-19(9-7-17)33-22(24,25)26/h2-9,15H,10-14H2,1H3,(H,27,31)(H,28,32). The number of hydrogen-bond acceptors (Lipinski definition) is 5. The van der Waals surface area contributed by atoms with E-state index in [1.807, 2.05) is 16.7 Å². The number of benzene rings is 2. The number of ether oxygens (including phenoxy) is 1. The van der Waals surface area contributed by atoms with Crippen LogP contribution in [0.2, 0.25) is 5.02 Å². The van der Waals surface area contributed by atoms with Crippen molar-refractivity contribution in [2.24, 2.45) is 0 Å². The van der Waals surface area contributed by atoms with E-state index >= 15 is 0 Å². The largest absolute Gasteiger partial charge is 0.573 e. The molecule has 2 N–H and O–H groups in total. The molecule has 0 radical (unpaired) electrons. The number of nitrogens with zero attached hydrogens (tertiary/aromatic N) is 2. The molecule has 0 bridgehead atoms. The molecule has 0 saturated carbocycles. The summed E-state index contributed by atoms with van der Waals surface area (Å²) < 4.78 is 40.5. The number of piperazine rings is 1. The summed E-state index contributed by atoms with van der Waals surface area (Å²) in [5.41, 5.74) is 1.05. The second-order valence-electron chi connectivity index (χ2n) is 7.60. The van der Waals surface area contributed by atoms with Crippen LogP contribution in [-0.4, -0.2) is 66.7 Å². The molecule has 3 rings (SSSR count). The first-order chi connectivity index (χ1) is 15.6. The van der Waals surface area contributed by atoms with Gasteiger partial charge in [-0.05, 0) is 55.5 Å². The van der Waals surface area contributed by atoms with Crippen LogP contribution in [0.1, 0.15) is 6.92 Å². The van der Waals surface area contributed by atoms with Crippen LogP contribution >= 0.6 is 11.6 Å². The van der Waals surface area contributed by atoms with Gasteiger partial charge in [0.1, 0.15) is 5.75 Å². The number of anilines is 2. The zero-order valence-corrected chi connectivity index (χ0v) is 18.6. The third-order valence-corrected chi connectivity index (χ3v) is 5.44. The number of carbonyl (C=O) groups is 2. The van der Waals surface area contributed by atoms with E-state index in [0.717, 1.165) is 12.1 Å². The van der Waals surface area contributed by atoms with Crippen molar-refractivity contribution in [3.05, 3.63) is 53.6 Å². The lowest BCUT2D eigenvalue weighted by atomic mass is 10.2. The van der Waals surface area contributed by atoms with Crippen molar-refractivity contribution < 1.29 is 27.5 Å². The summed E-state index contributed by atoms with van der Waals surface area (Å²) in [4.78, 5) is 28.8. The monoisotopic (exact) mass is 484 g/mol. The first kappa shape index (κ1) is 24.8. The van der Waals surface area contributed by atoms with E-state index in [1.165, 1.54) is 12.1 Å². The van der Waals surface area contributed by atoms with Crippen LogP contribution in [0, 0.1) is 0 Å². The third-order valence-electron chi connectivity index (χ3n) is 5.18. The first-order valence-electron chi connectivity index (χ1n) is 10.3. The van der Waals surface area contributed by atoms with Gasteiger partial charge >= 0.3 is 6.36 Å². The molecule has 1 unspecified atom stereocenters. The van der Waals surface area contributed by atoms with Crippen molar-refractivity contribution in [3.8, 4) is 5.75 Å². The smallest absolute Gasteiger partial charge is 0.406 e. The molecule has 11 heteroatoms. The topological polar surface area (TPSA) is 73.9 Å². The Kier molecular flexibility index (Phi) is 8.17. The van der Waals surface area contributed by atoms with Gasteiger partial charge in [0.15, 0.2) is 0 Å². The maximum atomic E-state index is 12.5. The molecule has 2 amide bonds. The molecule has 0 aliphatic carbocycles. The van der Waals surface area contributed by atoms with Crippen molar-refractivity contribution in [1.82, 2.24) is 9.80 Å². The number of nitrogens with one attached hydrogen (secondary N) is 2. The summed E-state index contributed by atoms with van der Waals surface area (Å²) in [6, 6.07) is 11.5. The molecule has 1 fully saturated rings. The lowest BCUT2D eigenvalue weighted by Crippen LogP contribution is -2.53. The number of rotatable bonds is 7. The Hall–Kier alpha value is -2.82. The highest BCUT2D eigenvalue weighted by Crippen LogP contribution is 2.24. The van der Waals surface area contributed by atoms with Gasteiger partial charge in [-0.3, -0.25) is 19.4 Å². The molecule has 178 valence electrons. The van der Waals surface area contributed by atoms with Crippen LogP contribution in [0.25, 0.3) is 0 Å². The molecule has 1 aliphatic rings. The average Bonchev–Trinajstić information content (AvgIpc) is 2.75. The Balaban J connectivity index is 1.41. The quantitative estimate of drug-likeness (QED) is 0.625. The van der Waals surface area contributed by atoms with Crippen LogP contribution in [0.4, 0.5) is 24.5 Å². The maximum absolute atomic E-state index is 12.5. The zero-order chi connectivity index (χ0) is 24.0. The highest BCUT2D eigenvalue weighted by molar-refractivity contribution is 6.30. The fraction of sp³-hybridized carbons (Fsp3) is 0.364. The Bertz CT molecular complexity index is 947. The Morgan fingerprint density at radius 3 is 2.09 bits per heavy atom. The zero-order valence-electron chi connectivity index (χ0n) is 17.9. The summed E-state index contributed by atoms with van der Waals surface area (Å²) in [5, 5.41) is 6.11. The number of carbonyl (C=O) groups excluding carboxylic acids is 2. The van der Waals surface area contributed by atoms with Gasteiger partial charge in [0, 0.05) is 42.6 Å². The minimum Gasteiger partial charge on any atom is -0.406 e. The normalized spacial score (nSPS) is 16.2. The molecule has 0 aromatic heterocycles. The maximum Gasteiger partial charge on any atom is 0.573 e. The van der Waals surface area contributed by atoms with E-state index in [0.29, 0.717) is 42.6 Å². The molecule has 0 spiro atoms. The highest BCUT2D eigenvalue weighted by Gasteiger charge is 2.31. The first-order valence-corrected chi connectivity index (χ1v) is 10.7. The fourth-order valence-electron chi connectivity index (χ4n) is 3.40. The summed E-state index contributed by atoms with van der Waals surface area (Å²) in [7, 11) is 0. The summed E-state index contributed by atoms with van der Waals surface area (Å²) >= 11 is 5.86. The van der Waals surface area contributed by atoms with Gasteiger partial charge < -0.3 is 15.4 Å². The van der Waals surface area contributed by atoms with E-state index in [9.17, 15) is 22.8 Å². The number of alkyl halides is 3. The lowest BCUT2D eigenvalue weighted by Gasteiger charge is -2.37. The highest BCUT2D eigenvalue weighted by atomic mass is 35.5. The third kappa shape index (κ3) is 7.92. The molecule has 2 aromatic carbocycles. The Morgan fingerprint density at radius 2 is 1.52 bits per heavy atom. The van der Waals surface area contributed by atoms with Crippen molar-refractivity contribution in [2.45, 2.75) is 19.3 Å². The molecule has 7 nitrogen and oxygen atoms in total. The van der Waals surface area contributed by atoms with Gasteiger partial charge in [-0.1, -0.05) is 11.6 Å². The van der Waals surface area contributed by atoms with Gasteiger partial charge in [0.25, 0.3) is 0 Å². The minimum absolute atomic E-state index is 0.124. The van der Waals surface area contributed by atoms with E-state index in [-0.39, 0.29) is 30.2 Å². The van der Waals surface area contributed by atoms with E-state index < -0.39 is 6.36 Å². The van der Waals surface area contributed by atoms with Crippen LogP contribution in [-0.2, 0) is 9.59 Å². The predicted octanol–water partition coefficient (Wildman–Crippen LogP) is 3.82. The lowest BCUT2D eigenvalue weighted by molar-refractivity contribution is -0.274. The SMILES string of the molecule is CC(C(=O)Nc1ccc(Cl)cc1)N1CCN(CC(=O)Nc2ccc(OC(F)(F)F)cc2)CC1. The molecule has 1 aliphatic heterocycles. The predicted molar refractivity (Wildman–Crippen MR) is 119 cm³/mol. The van der Waals surface area contributed by atoms with Gasteiger partial charge in [-0.2, -0.15) is 0 Å². The van der Waals surface area contributed by atoms with E-state index in [2.05, 4.69) is 15.4 Å². The minimum atomic E-state index is -4.76. The molecule has 33 heavy (non-hydrogen) atoms. The summed E-state index contributed by atoms with van der Waals surface area (Å²) in [6.45, 7) is 4.41. The summed E-state index contributed by atoms with van der Waals surface area (Å²) in [5.74, 6) is -0.756. The molecule has 1 heterocycles. The Morgan fingerprint density at radius 1 is 0.970 bits per heavy atom. The number of amides is 2. The van der Waals surface area contributed by atoms with Crippen molar-refractivity contribution in [1.29, 1.82) is 0 Å². The van der Waals surface area contributed by atoms with Crippen molar-refractivity contribution in [3.63, 3.8) is 0 Å². The fourth-order valence-corrected chi connectivity index (χ4v) is 3.52. The summed E-state index contributed by atoms with van der Waals surface area (Å²) in [6.07, 6.45) is -4.76. The molecular formula is C22H24ClF3N4O3. The van der Waals surface area contributed by atoms with Crippen LogP contribution in [0.3, 0.4) is 0 Å². The van der Waals surface area contributed by atoms with Crippen LogP contribution in [0.15, 0.2) is 48.5 Å². The number of halogens is 4. The molecule has 2 aromatic rings. The second-order valence-corrected chi connectivity index (χ2v) is 8.04. The van der Waals surface area contributed by atoms with Gasteiger partial charge in [-0.15, -0.1) is 13.2 Å².